The number of rotatable bonds is 9. The van der Waals surface area contributed by atoms with Gasteiger partial charge in [-0.3, -0.25) is 24.1 Å². The largest absolute Gasteiger partial charge is 0.383 e. The Morgan fingerprint density at radius 2 is 2.16 bits per heavy atom. The summed E-state index contributed by atoms with van der Waals surface area (Å²) in [5.74, 6) is -0.318. The number of aromatic nitrogens is 4. The molecule has 0 unspecified atom stereocenters. The van der Waals surface area contributed by atoms with Gasteiger partial charge >= 0.3 is 5.69 Å². The number of carbonyl (C=O) groups is 1. The number of thiazole rings is 1. The van der Waals surface area contributed by atoms with Crippen molar-refractivity contribution in [2.75, 3.05) is 30.9 Å². The fourth-order valence-electron chi connectivity index (χ4n) is 3.19. The van der Waals surface area contributed by atoms with Gasteiger partial charge in [-0.15, -0.1) is 11.3 Å². The summed E-state index contributed by atoms with van der Waals surface area (Å²) in [6, 6.07) is 3.70. The van der Waals surface area contributed by atoms with Crippen LogP contribution in [0.1, 0.15) is 19.5 Å². The van der Waals surface area contributed by atoms with E-state index in [1.54, 1.807) is 17.8 Å². The third kappa shape index (κ3) is 5.29. The van der Waals surface area contributed by atoms with Gasteiger partial charge in [0.25, 0.3) is 5.56 Å². The zero-order valence-electron chi connectivity index (χ0n) is 18.2. The summed E-state index contributed by atoms with van der Waals surface area (Å²) in [6.45, 7) is 4.44. The highest BCUT2D eigenvalue weighted by Gasteiger charge is 2.25. The lowest BCUT2D eigenvalue weighted by Gasteiger charge is -2.24. The lowest BCUT2D eigenvalue weighted by atomic mass is 10.2. The number of nitrogens with zero attached hydrogens (tertiary/aromatic N) is 4. The molecule has 0 saturated heterocycles. The number of methoxy groups -OCH3 is 1. The number of anilines is 2. The van der Waals surface area contributed by atoms with E-state index < -0.39 is 11.2 Å². The van der Waals surface area contributed by atoms with Crippen molar-refractivity contribution >= 4 is 28.7 Å². The van der Waals surface area contributed by atoms with Gasteiger partial charge in [-0.05, 0) is 18.1 Å². The van der Waals surface area contributed by atoms with E-state index >= 15 is 0 Å². The maximum Gasteiger partial charge on any atom is 0.330 e. The molecule has 0 aliphatic rings. The first kappa shape index (κ1) is 23.4. The van der Waals surface area contributed by atoms with Crippen molar-refractivity contribution in [3.63, 3.8) is 0 Å². The predicted molar refractivity (Wildman–Crippen MR) is 124 cm³/mol. The van der Waals surface area contributed by atoms with Gasteiger partial charge < -0.3 is 15.4 Å². The molecule has 3 aromatic rings. The summed E-state index contributed by atoms with van der Waals surface area (Å²) in [7, 11) is 1.50. The van der Waals surface area contributed by atoms with E-state index in [1.165, 1.54) is 27.9 Å². The summed E-state index contributed by atoms with van der Waals surface area (Å²) < 4.78 is 6.39. The topological polar surface area (TPSA) is 136 Å². The van der Waals surface area contributed by atoms with Crippen LogP contribution in [0.3, 0.4) is 0 Å². The van der Waals surface area contributed by atoms with Crippen molar-refractivity contribution in [2.45, 2.75) is 26.8 Å². The molecule has 32 heavy (non-hydrogen) atoms. The minimum Gasteiger partial charge on any atom is -0.383 e. The smallest absolute Gasteiger partial charge is 0.330 e. The van der Waals surface area contributed by atoms with E-state index in [9.17, 15) is 14.4 Å². The third-order valence-electron chi connectivity index (χ3n) is 4.64. The van der Waals surface area contributed by atoms with Gasteiger partial charge in [-0.25, -0.2) is 9.78 Å². The average Bonchev–Trinajstić information content (AvgIpc) is 3.22. The van der Waals surface area contributed by atoms with Crippen molar-refractivity contribution < 1.29 is 9.53 Å². The highest BCUT2D eigenvalue weighted by Crippen LogP contribution is 2.24. The molecule has 3 N–H and O–H groups in total. The van der Waals surface area contributed by atoms with Crippen molar-refractivity contribution in [2.24, 2.45) is 5.92 Å². The zero-order valence-corrected chi connectivity index (χ0v) is 19.0. The molecular formula is C21H26N6O4S. The van der Waals surface area contributed by atoms with Crippen LogP contribution >= 0.6 is 11.3 Å². The van der Waals surface area contributed by atoms with E-state index in [0.717, 1.165) is 10.6 Å². The molecule has 0 atom stereocenters. The Balaban J connectivity index is 1.93. The van der Waals surface area contributed by atoms with Gasteiger partial charge in [0.1, 0.15) is 10.8 Å². The second kappa shape index (κ2) is 10.3. The molecule has 1 amide bonds. The number of aromatic amines is 1. The second-order valence-electron chi connectivity index (χ2n) is 7.60. The van der Waals surface area contributed by atoms with Crippen LogP contribution in [0, 0.1) is 5.92 Å². The highest BCUT2D eigenvalue weighted by molar-refractivity contribution is 7.13. The van der Waals surface area contributed by atoms with Crippen LogP contribution in [0.25, 0.3) is 10.6 Å². The Morgan fingerprint density at radius 1 is 1.38 bits per heavy atom. The normalized spacial score (nSPS) is 11.1. The standard InChI is InChI=1S/C21H26N6O4S/c1-13(2)11-27-18(22)17(19(29)25-21(27)30)26(7-8-31-3)16(28)9-15-12-32-20(24-15)14-5-4-6-23-10-14/h4-6,10,12-13H,7-9,11,22H2,1-3H3,(H,25,29,30). The molecule has 170 valence electrons. The van der Waals surface area contributed by atoms with Crippen LogP contribution in [-0.2, 0) is 22.5 Å². The van der Waals surface area contributed by atoms with E-state index in [0.29, 0.717) is 12.2 Å². The molecule has 11 heteroatoms. The Bertz CT molecular complexity index is 1180. The van der Waals surface area contributed by atoms with Gasteiger partial charge in [0.2, 0.25) is 5.91 Å². The number of hydrogen-bond acceptors (Lipinski definition) is 8. The summed E-state index contributed by atoms with van der Waals surface area (Å²) in [6.07, 6.45) is 3.34. The molecule has 0 saturated carbocycles. The Morgan fingerprint density at radius 3 is 2.81 bits per heavy atom. The third-order valence-corrected chi connectivity index (χ3v) is 5.58. The number of hydrogen-bond donors (Lipinski definition) is 2. The summed E-state index contributed by atoms with van der Waals surface area (Å²) in [5, 5.41) is 2.54. The fourth-order valence-corrected chi connectivity index (χ4v) is 4.00. The molecule has 3 aromatic heterocycles. The molecule has 0 aliphatic heterocycles. The number of pyridine rings is 1. The number of carbonyl (C=O) groups excluding carboxylic acids is 1. The monoisotopic (exact) mass is 458 g/mol. The Kier molecular flexibility index (Phi) is 7.54. The number of nitrogens with two attached hydrogens (primary N) is 1. The lowest BCUT2D eigenvalue weighted by molar-refractivity contribution is -0.118. The molecule has 0 aromatic carbocycles. The summed E-state index contributed by atoms with van der Waals surface area (Å²) in [4.78, 5) is 50.3. The van der Waals surface area contributed by atoms with Crippen molar-refractivity contribution in [1.82, 2.24) is 19.5 Å². The fraction of sp³-hybridized carbons (Fsp3) is 0.381. The number of nitrogens with one attached hydrogen (secondary N) is 1. The molecule has 0 bridgehead atoms. The predicted octanol–water partition coefficient (Wildman–Crippen LogP) is 1.52. The van der Waals surface area contributed by atoms with Gasteiger partial charge in [0.05, 0.1) is 18.7 Å². The van der Waals surface area contributed by atoms with Gasteiger partial charge in [-0.1, -0.05) is 13.8 Å². The van der Waals surface area contributed by atoms with Gasteiger partial charge in [0.15, 0.2) is 5.69 Å². The lowest BCUT2D eigenvalue weighted by Crippen LogP contribution is -2.43. The van der Waals surface area contributed by atoms with E-state index in [-0.39, 0.29) is 42.9 Å². The second-order valence-corrected chi connectivity index (χ2v) is 8.46. The molecular weight excluding hydrogens is 432 g/mol. The Hall–Kier alpha value is -3.31. The van der Waals surface area contributed by atoms with Crippen molar-refractivity contribution in [1.29, 1.82) is 0 Å². The molecule has 0 fully saturated rings. The SMILES string of the molecule is COCCN(C(=O)Cc1csc(-c2cccnc2)n1)c1c(N)n(CC(C)C)c(=O)[nH]c1=O. The number of nitrogen functional groups attached to an aromatic ring is 1. The molecule has 0 radical (unpaired) electrons. The maximum atomic E-state index is 13.2. The molecule has 3 heterocycles. The van der Waals surface area contributed by atoms with Crippen molar-refractivity contribution in [3.8, 4) is 10.6 Å². The maximum absolute atomic E-state index is 13.2. The van der Waals surface area contributed by atoms with Crippen molar-refractivity contribution in [3.05, 3.63) is 56.4 Å². The van der Waals surface area contributed by atoms with Crippen LogP contribution in [0.15, 0.2) is 39.5 Å². The quantitative estimate of drug-likeness (QED) is 0.496. The zero-order chi connectivity index (χ0) is 23.3. The summed E-state index contributed by atoms with van der Waals surface area (Å²) >= 11 is 1.40. The van der Waals surface area contributed by atoms with E-state index in [2.05, 4.69) is 15.0 Å². The first-order chi connectivity index (χ1) is 15.3. The minimum absolute atomic E-state index is 0.0390. The van der Waals surface area contributed by atoms with E-state index in [1.807, 2.05) is 26.0 Å². The minimum atomic E-state index is -0.716. The number of H-pyrrole nitrogens is 1. The first-order valence-electron chi connectivity index (χ1n) is 10.1. The van der Waals surface area contributed by atoms with Crippen LogP contribution in [0.4, 0.5) is 11.5 Å². The van der Waals surface area contributed by atoms with E-state index in [4.69, 9.17) is 10.5 Å². The average molecular weight is 459 g/mol. The highest BCUT2D eigenvalue weighted by atomic mass is 32.1. The van der Waals surface area contributed by atoms with Gasteiger partial charge in [-0.2, -0.15) is 0 Å². The molecule has 0 spiro atoms. The first-order valence-corrected chi connectivity index (χ1v) is 11.0. The van der Waals surface area contributed by atoms with Crippen LogP contribution in [-0.4, -0.2) is 45.7 Å². The molecule has 10 nitrogen and oxygen atoms in total. The summed E-state index contributed by atoms with van der Waals surface area (Å²) in [5.41, 5.74) is 6.24. The number of ether oxygens (including phenoxy) is 1. The number of amides is 1. The van der Waals surface area contributed by atoms with Crippen LogP contribution in [0.5, 0.6) is 0 Å². The molecule has 3 rings (SSSR count). The Labute approximate surface area is 188 Å². The van der Waals surface area contributed by atoms with Crippen LogP contribution in [0.2, 0.25) is 0 Å². The van der Waals surface area contributed by atoms with Crippen LogP contribution < -0.4 is 21.9 Å². The molecule has 0 aliphatic carbocycles. The van der Waals surface area contributed by atoms with Gasteiger partial charge in [0, 0.05) is 43.5 Å².